The smallest absolute Gasteiger partial charge is 0.330 e. The van der Waals surface area contributed by atoms with Gasteiger partial charge in [-0.15, -0.1) is 0 Å². The highest BCUT2D eigenvalue weighted by Gasteiger charge is 2.69. The second-order valence-electron chi connectivity index (χ2n) is 5.08. The van der Waals surface area contributed by atoms with Crippen molar-refractivity contribution in [1.29, 1.82) is 0 Å². The van der Waals surface area contributed by atoms with Crippen LogP contribution in [0.3, 0.4) is 0 Å². The molecule has 3 nitrogen and oxygen atoms in total. The van der Waals surface area contributed by atoms with Gasteiger partial charge in [-0.3, -0.25) is 4.79 Å². The topological polar surface area (TPSA) is 43.4 Å². The first kappa shape index (κ1) is 14.9. The van der Waals surface area contributed by atoms with Crippen LogP contribution in [-0.2, 0) is 14.3 Å². The van der Waals surface area contributed by atoms with Crippen molar-refractivity contribution in [2.75, 3.05) is 0 Å². The van der Waals surface area contributed by atoms with Gasteiger partial charge in [0.2, 0.25) is 0 Å². The SMILES string of the molecule is C=CC(=O)OC1C(CC)(CC)C(=O)C1(CC)CC. The molecule has 0 heterocycles. The van der Waals surface area contributed by atoms with Gasteiger partial charge in [-0.2, -0.15) is 0 Å². The summed E-state index contributed by atoms with van der Waals surface area (Å²) in [5.74, 6) is -0.156. The molecule has 1 rings (SSSR count). The lowest BCUT2D eigenvalue weighted by atomic mass is 9.45. The van der Waals surface area contributed by atoms with Crippen LogP contribution in [0.25, 0.3) is 0 Å². The molecule has 18 heavy (non-hydrogen) atoms. The number of carbonyl (C=O) groups is 2. The third-order valence-corrected chi connectivity index (χ3v) is 4.83. The van der Waals surface area contributed by atoms with E-state index < -0.39 is 16.8 Å². The maximum Gasteiger partial charge on any atom is 0.330 e. The maximum atomic E-state index is 12.6. The van der Waals surface area contributed by atoms with Crippen LogP contribution < -0.4 is 0 Å². The molecule has 0 unspecified atom stereocenters. The molecule has 1 saturated carbocycles. The van der Waals surface area contributed by atoms with Crippen molar-refractivity contribution in [3.63, 3.8) is 0 Å². The average Bonchev–Trinajstić information content (AvgIpc) is 2.41. The number of hydrogen-bond acceptors (Lipinski definition) is 3. The first-order valence-electron chi connectivity index (χ1n) is 6.86. The largest absolute Gasteiger partial charge is 0.457 e. The molecule has 1 fully saturated rings. The van der Waals surface area contributed by atoms with E-state index in [0.29, 0.717) is 0 Å². The van der Waals surface area contributed by atoms with E-state index in [0.717, 1.165) is 25.7 Å². The van der Waals surface area contributed by atoms with Crippen LogP contribution in [0.1, 0.15) is 53.4 Å². The predicted octanol–water partition coefficient (Wildman–Crippen LogP) is 3.28. The summed E-state index contributed by atoms with van der Waals surface area (Å²) >= 11 is 0. The molecule has 0 amide bonds. The molecule has 0 spiro atoms. The molecule has 0 saturated heterocycles. The molecule has 0 bridgehead atoms. The monoisotopic (exact) mass is 252 g/mol. The highest BCUT2D eigenvalue weighted by molar-refractivity contribution is 5.99. The Balaban J connectivity index is 3.13. The van der Waals surface area contributed by atoms with Crippen molar-refractivity contribution < 1.29 is 14.3 Å². The molecule has 102 valence electrons. The van der Waals surface area contributed by atoms with Crippen LogP contribution in [0.4, 0.5) is 0 Å². The van der Waals surface area contributed by atoms with Crippen molar-refractivity contribution in [3.05, 3.63) is 12.7 Å². The summed E-state index contributed by atoms with van der Waals surface area (Å²) in [6.45, 7) is 11.4. The Kier molecular flexibility index (Phi) is 4.36. The maximum absolute atomic E-state index is 12.6. The third-order valence-electron chi connectivity index (χ3n) is 4.83. The van der Waals surface area contributed by atoms with Crippen molar-refractivity contribution in [2.45, 2.75) is 59.5 Å². The Morgan fingerprint density at radius 2 is 1.56 bits per heavy atom. The summed E-state index contributed by atoms with van der Waals surface area (Å²) in [5.41, 5.74) is -0.963. The van der Waals surface area contributed by atoms with Gasteiger partial charge in [0.15, 0.2) is 5.78 Å². The number of Topliss-reactive ketones (excluding diaryl/α,β-unsaturated/α-hetero) is 1. The van der Waals surface area contributed by atoms with E-state index >= 15 is 0 Å². The van der Waals surface area contributed by atoms with E-state index in [2.05, 4.69) is 6.58 Å². The summed E-state index contributed by atoms with van der Waals surface area (Å²) in [5, 5.41) is 0. The zero-order chi connectivity index (χ0) is 14.0. The molecule has 1 aliphatic rings. The van der Waals surface area contributed by atoms with Crippen LogP contribution >= 0.6 is 0 Å². The Morgan fingerprint density at radius 1 is 1.17 bits per heavy atom. The summed E-state index contributed by atoms with van der Waals surface area (Å²) in [4.78, 5) is 24.1. The lowest BCUT2D eigenvalue weighted by Gasteiger charge is -2.59. The summed E-state index contributed by atoms with van der Waals surface area (Å²) < 4.78 is 5.52. The molecule has 1 aliphatic carbocycles. The second-order valence-corrected chi connectivity index (χ2v) is 5.08. The molecule has 0 N–H and O–H groups in total. The molecule has 0 radical (unpaired) electrons. The lowest BCUT2D eigenvalue weighted by Crippen LogP contribution is -2.70. The summed E-state index contributed by atoms with van der Waals surface area (Å²) in [7, 11) is 0. The highest BCUT2D eigenvalue weighted by atomic mass is 16.5. The second kappa shape index (κ2) is 5.25. The zero-order valence-corrected chi connectivity index (χ0v) is 11.9. The number of ketones is 1. The minimum absolute atomic E-state index is 0.270. The van der Waals surface area contributed by atoms with Crippen molar-refractivity contribution in [1.82, 2.24) is 0 Å². The van der Waals surface area contributed by atoms with E-state index in [-0.39, 0.29) is 11.9 Å². The Morgan fingerprint density at radius 3 is 1.83 bits per heavy atom. The molecule has 0 aromatic rings. The normalized spacial score (nSPS) is 21.2. The van der Waals surface area contributed by atoms with E-state index in [9.17, 15) is 9.59 Å². The fourth-order valence-corrected chi connectivity index (χ4v) is 3.46. The molecule has 0 aliphatic heterocycles. The standard InChI is InChI=1S/C15H24O3/c1-6-11(16)18-13-14(7-2,8-3)12(17)15(13,9-4)10-5/h6,13H,1,7-10H2,2-5H3. The molecule has 0 aromatic heterocycles. The first-order valence-corrected chi connectivity index (χ1v) is 6.86. The number of esters is 1. The molecular weight excluding hydrogens is 228 g/mol. The Bertz CT molecular complexity index is 327. The van der Waals surface area contributed by atoms with Crippen LogP contribution in [0.15, 0.2) is 12.7 Å². The number of rotatable bonds is 6. The van der Waals surface area contributed by atoms with Gasteiger partial charge in [-0.25, -0.2) is 4.79 Å². The predicted molar refractivity (Wildman–Crippen MR) is 71.1 cm³/mol. The van der Waals surface area contributed by atoms with Crippen molar-refractivity contribution >= 4 is 11.8 Å². The van der Waals surface area contributed by atoms with Crippen molar-refractivity contribution in [2.24, 2.45) is 10.8 Å². The van der Waals surface area contributed by atoms with Crippen LogP contribution in [0.2, 0.25) is 0 Å². The number of hydrogen-bond donors (Lipinski definition) is 0. The van der Waals surface area contributed by atoms with Gasteiger partial charge in [-0.05, 0) is 25.7 Å². The highest BCUT2D eigenvalue weighted by Crippen LogP contribution is 2.59. The minimum atomic E-state index is -0.481. The number of carbonyl (C=O) groups excluding carboxylic acids is 2. The Labute approximate surface area is 110 Å². The summed E-state index contributed by atoms with van der Waals surface area (Å²) in [6, 6.07) is 0. The van der Waals surface area contributed by atoms with E-state index in [1.54, 1.807) is 0 Å². The van der Waals surface area contributed by atoms with Crippen LogP contribution in [0, 0.1) is 10.8 Å². The summed E-state index contributed by atoms with van der Waals surface area (Å²) in [6.07, 6.45) is 3.76. The van der Waals surface area contributed by atoms with E-state index in [1.807, 2.05) is 27.7 Å². The van der Waals surface area contributed by atoms with Gasteiger partial charge in [0, 0.05) is 6.08 Å². The first-order chi connectivity index (χ1) is 8.48. The van der Waals surface area contributed by atoms with Crippen molar-refractivity contribution in [3.8, 4) is 0 Å². The zero-order valence-electron chi connectivity index (χ0n) is 11.9. The molecular formula is C15H24O3. The minimum Gasteiger partial charge on any atom is -0.457 e. The molecule has 3 heteroatoms. The van der Waals surface area contributed by atoms with Crippen LogP contribution in [0.5, 0.6) is 0 Å². The number of ether oxygens (including phenoxy) is 1. The van der Waals surface area contributed by atoms with E-state index in [4.69, 9.17) is 4.74 Å². The van der Waals surface area contributed by atoms with Gasteiger partial charge >= 0.3 is 5.97 Å². The lowest BCUT2D eigenvalue weighted by molar-refractivity contribution is -0.209. The van der Waals surface area contributed by atoms with Gasteiger partial charge in [-0.1, -0.05) is 34.3 Å². The van der Waals surface area contributed by atoms with Gasteiger partial charge < -0.3 is 4.74 Å². The van der Waals surface area contributed by atoms with Gasteiger partial charge in [0.05, 0.1) is 10.8 Å². The fourth-order valence-electron chi connectivity index (χ4n) is 3.46. The molecule has 0 atom stereocenters. The molecule has 0 aromatic carbocycles. The van der Waals surface area contributed by atoms with Gasteiger partial charge in [0.25, 0.3) is 0 Å². The van der Waals surface area contributed by atoms with Gasteiger partial charge in [0.1, 0.15) is 6.10 Å². The third kappa shape index (κ3) is 1.72. The van der Waals surface area contributed by atoms with Crippen LogP contribution in [-0.4, -0.2) is 17.9 Å². The van der Waals surface area contributed by atoms with E-state index in [1.165, 1.54) is 6.08 Å². The fraction of sp³-hybridized carbons (Fsp3) is 0.733. The Hall–Kier alpha value is -1.12. The average molecular weight is 252 g/mol. The quantitative estimate of drug-likeness (QED) is 0.538.